The highest BCUT2D eigenvalue weighted by molar-refractivity contribution is 6.33. The van der Waals surface area contributed by atoms with Crippen molar-refractivity contribution in [2.45, 2.75) is 58.7 Å². The van der Waals surface area contributed by atoms with Crippen molar-refractivity contribution in [1.29, 1.82) is 0 Å². The Morgan fingerprint density at radius 1 is 1.12 bits per heavy atom. The number of ether oxygens (including phenoxy) is 1. The van der Waals surface area contributed by atoms with Crippen LogP contribution in [0.15, 0.2) is 48.7 Å². The third-order valence-electron chi connectivity index (χ3n) is 7.40. The first kappa shape index (κ1) is 28.1. The number of hydrogen-bond acceptors (Lipinski definition) is 6. The second-order valence-electron chi connectivity index (χ2n) is 11.1. The number of benzene rings is 2. The van der Waals surface area contributed by atoms with Crippen LogP contribution in [0.2, 0.25) is 5.02 Å². The number of hydrogen-bond donors (Lipinski definition) is 2. The number of fused-ring (bicyclic) bond motifs is 1. The van der Waals surface area contributed by atoms with E-state index in [0.717, 1.165) is 36.0 Å². The largest absolute Gasteiger partial charge is 0.381 e. The summed E-state index contributed by atoms with van der Waals surface area (Å²) >= 11 is 6.47. The maximum atomic E-state index is 13.3. The number of nitrogens with zero attached hydrogens (tertiary/aromatic N) is 3. The van der Waals surface area contributed by atoms with Crippen molar-refractivity contribution in [2.75, 3.05) is 25.1 Å². The van der Waals surface area contributed by atoms with Gasteiger partial charge in [-0.25, -0.2) is 9.97 Å². The van der Waals surface area contributed by atoms with Crippen LogP contribution in [0.5, 0.6) is 0 Å². The average Bonchev–Trinajstić information content (AvgIpc) is 3.24. The number of rotatable bonds is 9. The SMILES string of the molecule is CC(C)Cc1ccc(C(C)NC(=O)CN2Cc3ccc(-c4nc(NC5CCOCC5)ncc4Cl)cc3C2=O)cc1. The van der Waals surface area contributed by atoms with Gasteiger partial charge in [0.05, 0.1) is 23.0 Å². The minimum atomic E-state index is -0.192. The lowest BCUT2D eigenvalue weighted by Crippen LogP contribution is -2.38. The number of carbonyl (C=O) groups is 2. The van der Waals surface area contributed by atoms with Gasteiger partial charge in [0.25, 0.3) is 5.91 Å². The van der Waals surface area contributed by atoms with Crippen LogP contribution in [0.1, 0.15) is 66.7 Å². The second kappa shape index (κ2) is 12.4. The zero-order valence-corrected chi connectivity index (χ0v) is 24.0. The molecule has 210 valence electrons. The molecule has 0 spiro atoms. The van der Waals surface area contributed by atoms with Crippen LogP contribution in [0.3, 0.4) is 0 Å². The van der Waals surface area contributed by atoms with Gasteiger partial charge in [0.15, 0.2) is 0 Å². The van der Waals surface area contributed by atoms with Gasteiger partial charge in [-0.15, -0.1) is 0 Å². The Hall–Kier alpha value is -3.49. The Morgan fingerprint density at radius 3 is 2.60 bits per heavy atom. The zero-order valence-electron chi connectivity index (χ0n) is 23.2. The third-order valence-corrected chi connectivity index (χ3v) is 7.67. The van der Waals surface area contributed by atoms with Crippen LogP contribution in [0, 0.1) is 5.92 Å². The Kier molecular flexibility index (Phi) is 8.66. The van der Waals surface area contributed by atoms with E-state index in [4.69, 9.17) is 16.3 Å². The van der Waals surface area contributed by atoms with E-state index in [0.29, 0.717) is 47.9 Å². The minimum Gasteiger partial charge on any atom is -0.381 e. The zero-order chi connectivity index (χ0) is 28.2. The van der Waals surface area contributed by atoms with Crippen molar-refractivity contribution in [3.63, 3.8) is 0 Å². The summed E-state index contributed by atoms with van der Waals surface area (Å²) in [7, 11) is 0. The number of carbonyl (C=O) groups excluding carboxylic acids is 2. The van der Waals surface area contributed by atoms with Gasteiger partial charge in [-0.2, -0.15) is 0 Å². The molecular formula is C31H36ClN5O3. The quantitative estimate of drug-likeness (QED) is 0.362. The van der Waals surface area contributed by atoms with E-state index >= 15 is 0 Å². The van der Waals surface area contributed by atoms with Crippen molar-refractivity contribution in [3.05, 3.63) is 75.9 Å². The molecule has 0 radical (unpaired) electrons. The molecule has 9 heteroatoms. The lowest BCUT2D eigenvalue weighted by atomic mass is 10.00. The molecular weight excluding hydrogens is 526 g/mol. The summed E-state index contributed by atoms with van der Waals surface area (Å²) < 4.78 is 5.43. The summed E-state index contributed by atoms with van der Waals surface area (Å²) in [5, 5.41) is 6.81. The average molecular weight is 562 g/mol. The van der Waals surface area contributed by atoms with Crippen LogP contribution in [-0.2, 0) is 22.5 Å². The molecule has 2 N–H and O–H groups in total. The molecule has 5 rings (SSSR count). The first-order valence-electron chi connectivity index (χ1n) is 13.9. The molecule has 3 heterocycles. The van der Waals surface area contributed by atoms with Crippen molar-refractivity contribution in [3.8, 4) is 11.3 Å². The Morgan fingerprint density at radius 2 is 1.88 bits per heavy atom. The summed E-state index contributed by atoms with van der Waals surface area (Å²) in [6.45, 7) is 8.15. The number of nitrogens with one attached hydrogen (secondary N) is 2. The monoisotopic (exact) mass is 561 g/mol. The van der Waals surface area contributed by atoms with Crippen LogP contribution in [0.25, 0.3) is 11.3 Å². The van der Waals surface area contributed by atoms with Gasteiger partial charge in [-0.05, 0) is 54.9 Å². The van der Waals surface area contributed by atoms with Crippen molar-refractivity contribution in [2.24, 2.45) is 5.92 Å². The first-order valence-corrected chi connectivity index (χ1v) is 14.3. The summed E-state index contributed by atoms with van der Waals surface area (Å²) in [5.41, 5.74) is 5.05. The molecule has 0 bridgehead atoms. The fraction of sp³-hybridized carbons (Fsp3) is 0.419. The standard InChI is InChI=1S/C31H36ClN5O3/c1-19(2)14-21-4-6-22(7-5-21)20(3)34-28(38)18-37-17-24-9-8-23(15-26(24)30(37)39)29-27(32)16-33-31(36-29)35-25-10-12-40-13-11-25/h4-9,15-16,19-20,25H,10-14,17-18H2,1-3H3,(H,34,38)(H,33,35,36). The Bertz CT molecular complexity index is 1370. The second-order valence-corrected chi connectivity index (χ2v) is 11.5. The normalized spacial score (nSPS) is 16.2. The summed E-state index contributed by atoms with van der Waals surface area (Å²) in [6.07, 6.45) is 4.39. The first-order chi connectivity index (χ1) is 19.3. The van der Waals surface area contributed by atoms with Gasteiger partial charge in [0.1, 0.15) is 6.54 Å². The van der Waals surface area contributed by atoms with Crippen LogP contribution in [-0.4, -0.2) is 52.5 Å². The third kappa shape index (κ3) is 6.62. The van der Waals surface area contributed by atoms with Crippen LogP contribution in [0.4, 0.5) is 5.95 Å². The predicted molar refractivity (Wildman–Crippen MR) is 156 cm³/mol. The van der Waals surface area contributed by atoms with Gasteiger partial charge >= 0.3 is 0 Å². The van der Waals surface area contributed by atoms with Crippen LogP contribution < -0.4 is 10.6 Å². The van der Waals surface area contributed by atoms with Gasteiger partial charge < -0.3 is 20.3 Å². The summed E-state index contributed by atoms with van der Waals surface area (Å²) in [5.74, 6) is 0.724. The molecule has 1 saturated heterocycles. The smallest absolute Gasteiger partial charge is 0.254 e. The topological polar surface area (TPSA) is 96.5 Å². The molecule has 0 saturated carbocycles. The number of halogens is 1. The molecule has 0 aliphatic carbocycles. The molecule has 40 heavy (non-hydrogen) atoms. The summed E-state index contributed by atoms with van der Waals surface area (Å²) in [6, 6.07) is 14.1. The fourth-order valence-corrected chi connectivity index (χ4v) is 5.46. The van der Waals surface area contributed by atoms with E-state index in [9.17, 15) is 9.59 Å². The molecule has 1 aromatic heterocycles. The van der Waals surface area contributed by atoms with E-state index in [-0.39, 0.29) is 30.4 Å². The van der Waals surface area contributed by atoms with Crippen molar-refractivity contribution >= 4 is 29.4 Å². The van der Waals surface area contributed by atoms with E-state index in [2.05, 4.69) is 58.7 Å². The Labute approximate surface area is 240 Å². The number of anilines is 1. The van der Waals surface area contributed by atoms with Crippen molar-refractivity contribution in [1.82, 2.24) is 20.2 Å². The van der Waals surface area contributed by atoms with E-state index in [1.807, 2.05) is 25.1 Å². The number of aromatic nitrogens is 2. The molecule has 1 unspecified atom stereocenters. The van der Waals surface area contributed by atoms with Crippen molar-refractivity contribution < 1.29 is 14.3 Å². The maximum absolute atomic E-state index is 13.3. The minimum absolute atomic E-state index is 0.00788. The molecule has 1 atom stereocenters. The van der Waals surface area contributed by atoms with Gasteiger partial charge in [0.2, 0.25) is 11.9 Å². The van der Waals surface area contributed by atoms with Gasteiger partial charge in [-0.1, -0.05) is 61.8 Å². The maximum Gasteiger partial charge on any atom is 0.254 e. The number of amides is 2. The molecule has 2 aliphatic rings. The Balaban J connectivity index is 1.22. The lowest BCUT2D eigenvalue weighted by molar-refractivity contribution is -0.122. The molecule has 8 nitrogen and oxygen atoms in total. The predicted octanol–water partition coefficient (Wildman–Crippen LogP) is 5.42. The highest BCUT2D eigenvalue weighted by Crippen LogP contribution is 2.31. The molecule has 3 aromatic rings. The van der Waals surface area contributed by atoms with E-state index < -0.39 is 0 Å². The highest BCUT2D eigenvalue weighted by atomic mass is 35.5. The molecule has 1 fully saturated rings. The summed E-state index contributed by atoms with van der Waals surface area (Å²) in [4.78, 5) is 36.7. The highest BCUT2D eigenvalue weighted by Gasteiger charge is 2.30. The van der Waals surface area contributed by atoms with Gasteiger partial charge in [-0.3, -0.25) is 9.59 Å². The lowest BCUT2D eigenvalue weighted by Gasteiger charge is -2.23. The van der Waals surface area contributed by atoms with Gasteiger partial charge in [0, 0.05) is 36.9 Å². The molecule has 2 aromatic carbocycles. The van der Waals surface area contributed by atoms with Crippen LogP contribution >= 0.6 is 11.6 Å². The molecule has 2 aliphatic heterocycles. The van der Waals surface area contributed by atoms with E-state index in [1.54, 1.807) is 11.1 Å². The fourth-order valence-electron chi connectivity index (χ4n) is 5.26. The molecule has 2 amide bonds. The van der Waals surface area contributed by atoms with E-state index in [1.165, 1.54) is 5.56 Å².